The Kier molecular flexibility index (Phi) is 4.07. The number of halogens is 3. The van der Waals surface area contributed by atoms with Crippen molar-refractivity contribution in [1.82, 2.24) is 4.98 Å². The first-order valence-corrected chi connectivity index (χ1v) is 7.63. The lowest BCUT2D eigenvalue weighted by atomic mass is 10.3. The van der Waals surface area contributed by atoms with E-state index in [0.29, 0.717) is 5.02 Å². The third kappa shape index (κ3) is 3.43. The van der Waals surface area contributed by atoms with Crippen molar-refractivity contribution in [2.75, 3.05) is 4.72 Å². The van der Waals surface area contributed by atoms with Gasteiger partial charge in [-0.1, -0.05) is 11.6 Å². The van der Waals surface area contributed by atoms with Crippen molar-refractivity contribution in [2.24, 2.45) is 0 Å². The lowest BCUT2D eigenvalue weighted by Gasteiger charge is -2.09. The van der Waals surface area contributed by atoms with Gasteiger partial charge >= 0.3 is 0 Å². The number of hydrogen-bond acceptors (Lipinski definition) is 3. The van der Waals surface area contributed by atoms with Crippen LogP contribution in [-0.2, 0) is 10.0 Å². The fourth-order valence-corrected chi connectivity index (χ4v) is 3.56. The standard InChI is InChI=1S/C11H7BrClFN2O2S/c12-9-6-8(14)1-2-10(9)19(17,18)16-11-5-7(13)3-4-15-11/h1-6H,(H,15,16). The van der Waals surface area contributed by atoms with Crippen LogP contribution in [0, 0.1) is 5.82 Å². The van der Waals surface area contributed by atoms with Crippen LogP contribution in [0.3, 0.4) is 0 Å². The SMILES string of the molecule is O=S(=O)(Nc1cc(Cl)ccn1)c1ccc(F)cc1Br. The second-order valence-electron chi connectivity index (χ2n) is 3.54. The van der Waals surface area contributed by atoms with E-state index in [-0.39, 0.29) is 15.2 Å². The summed E-state index contributed by atoms with van der Waals surface area (Å²) in [4.78, 5) is 3.75. The number of nitrogens with zero attached hydrogens (tertiary/aromatic N) is 1. The quantitative estimate of drug-likeness (QED) is 0.906. The Bertz CT molecular complexity index is 724. The summed E-state index contributed by atoms with van der Waals surface area (Å²) < 4.78 is 39.5. The molecule has 100 valence electrons. The van der Waals surface area contributed by atoms with Crippen LogP contribution in [0.5, 0.6) is 0 Å². The molecule has 0 saturated carbocycles. The highest BCUT2D eigenvalue weighted by molar-refractivity contribution is 9.10. The van der Waals surface area contributed by atoms with Gasteiger partial charge in [0.2, 0.25) is 0 Å². The number of benzene rings is 1. The number of sulfonamides is 1. The largest absolute Gasteiger partial charge is 0.264 e. The number of anilines is 1. The predicted molar refractivity (Wildman–Crippen MR) is 74.2 cm³/mol. The molecule has 0 radical (unpaired) electrons. The fourth-order valence-electron chi connectivity index (χ4n) is 1.35. The molecule has 1 aromatic carbocycles. The molecule has 0 amide bonds. The third-order valence-electron chi connectivity index (χ3n) is 2.14. The van der Waals surface area contributed by atoms with Crippen LogP contribution in [0.15, 0.2) is 45.9 Å². The van der Waals surface area contributed by atoms with Crippen molar-refractivity contribution in [1.29, 1.82) is 0 Å². The summed E-state index contributed by atoms with van der Waals surface area (Å²) in [6.45, 7) is 0. The van der Waals surface area contributed by atoms with Crippen LogP contribution < -0.4 is 4.72 Å². The Labute approximate surface area is 122 Å². The van der Waals surface area contributed by atoms with Gasteiger partial charge in [-0.05, 0) is 40.2 Å². The summed E-state index contributed by atoms with van der Waals surface area (Å²) in [5.41, 5.74) is 0. The maximum absolute atomic E-state index is 12.9. The van der Waals surface area contributed by atoms with E-state index in [4.69, 9.17) is 11.6 Å². The van der Waals surface area contributed by atoms with Gasteiger partial charge in [0.05, 0.1) is 0 Å². The van der Waals surface area contributed by atoms with Crippen molar-refractivity contribution < 1.29 is 12.8 Å². The van der Waals surface area contributed by atoms with E-state index in [1.807, 2.05) is 0 Å². The average molecular weight is 366 g/mol. The van der Waals surface area contributed by atoms with Gasteiger partial charge in [-0.3, -0.25) is 4.72 Å². The second-order valence-corrected chi connectivity index (χ2v) is 6.48. The molecule has 0 unspecified atom stereocenters. The fraction of sp³-hybridized carbons (Fsp3) is 0. The van der Waals surface area contributed by atoms with E-state index in [9.17, 15) is 12.8 Å². The topological polar surface area (TPSA) is 59.1 Å². The van der Waals surface area contributed by atoms with Gasteiger partial charge in [-0.25, -0.2) is 17.8 Å². The van der Waals surface area contributed by atoms with Gasteiger partial charge in [0.1, 0.15) is 16.5 Å². The van der Waals surface area contributed by atoms with Crippen LogP contribution >= 0.6 is 27.5 Å². The van der Waals surface area contributed by atoms with Crippen molar-refractivity contribution in [2.45, 2.75) is 4.90 Å². The smallest absolute Gasteiger partial charge is 0.263 e. The zero-order chi connectivity index (χ0) is 14.0. The normalized spacial score (nSPS) is 11.3. The van der Waals surface area contributed by atoms with Gasteiger partial charge in [0.15, 0.2) is 0 Å². The molecule has 0 aliphatic heterocycles. The van der Waals surface area contributed by atoms with Crippen LogP contribution in [0.1, 0.15) is 0 Å². The van der Waals surface area contributed by atoms with E-state index in [0.717, 1.165) is 18.2 Å². The summed E-state index contributed by atoms with van der Waals surface area (Å²) in [6, 6.07) is 6.18. The minimum Gasteiger partial charge on any atom is -0.263 e. The molecule has 0 aliphatic carbocycles. The second kappa shape index (κ2) is 5.44. The Hall–Kier alpha value is -1.18. The molecule has 19 heavy (non-hydrogen) atoms. The highest BCUT2D eigenvalue weighted by atomic mass is 79.9. The Balaban J connectivity index is 2.38. The lowest BCUT2D eigenvalue weighted by Crippen LogP contribution is -2.14. The van der Waals surface area contributed by atoms with E-state index in [1.165, 1.54) is 18.3 Å². The highest BCUT2D eigenvalue weighted by Gasteiger charge is 2.18. The van der Waals surface area contributed by atoms with Gasteiger partial charge < -0.3 is 0 Å². The van der Waals surface area contributed by atoms with Gasteiger partial charge in [-0.2, -0.15) is 0 Å². The van der Waals surface area contributed by atoms with Crippen molar-refractivity contribution in [3.63, 3.8) is 0 Å². The molecule has 2 rings (SSSR count). The highest BCUT2D eigenvalue weighted by Crippen LogP contribution is 2.25. The Morgan fingerprint density at radius 1 is 1.26 bits per heavy atom. The van der Waals surface area contributed by atoms with E-state index in [2.05, 4.69) is 25.6 Å². The molecule has 2 aromatic rings. The molecule has 1 aromatic heterocycles. The van der Waals surface area contributed by atoms with Crippen LogP contribution in [-0.4, -0.2) is 13.4 Å². The first kappa shape index (κ1) is 14.2. The summed E-state index contributed by atoms with van der Waals surface area (Å²) in [5.74, 6) is -0.449. The molecule has 0 saturated heterocycles. The first-order valence-electron chi connectivity index (χ1n) is 4.98. The predicted octanol–water partition coefficient (Wildman–Crippen LogP) is 3.44. The molecule has 0 bridgehead atoms. The monoisotopic (exact) mass is 364 g/mol. The molecule has 4 nitrogen and oxygen atoms in total. The van der Waals surface area contributed by atoms with Crippen LogP contribution in [0.4, 0.5) is 10.2 Å². The number of hydrogen-bond donors (Lipinski definition) is 1. The Morgan fingerprint density at radius 3 is 2.63 bits per heavy atom. The molecular formula is C11H7BrClFN2O2S. The lowest BCUT2D eigenvalue weighted by molar-refractivity contribution is 0.598. The maximum Gasteiger partial charge on any atom is 0.264 e. The molecule has 0 spiro atoms. The zero-order valence-corrected chi connectivity index (χ0v) is 12.4. The molecule has 0 atom stereocenters. The summed E-state index contributed by atoms with van der Waals surface area (Å²) in [5, 5.41) is 0.353. The van der Waals surface area contributed by atoms with E-state index < -0.39 is 15.8 Å². The molecule has 1 heterocycles. The number of aromatic nitrogens is 1. The van der Waals surface area contributed by atoms with Crippen molar-refractivity contribution in [3.05, 3.63) is 51.8 Å². The number of rotatable bonds is 3. The van der Waals surface area contributed by atoms with Gasteiger partial charge in [-0.15, -0.1) is 0 Å². The molecular weight excluding hydrogens is 359 g/mol. The summed E-state index contributed by atoms with van der Waals surface area (Å²) in [6.07, 6.45) is 1.37. The molecule has 8 heteroatoms. The number of nitrogens with one attached hydrogen (secondary N) is 1. The van der Waals surface area contributed by atoms with Crippen molar-refractivity contribution in [3.8, 4) is 0 Å². The minimum absolute atomic E-state index is 0.0868. The van der Waals surface area contributed by atoms with Crippen LogP contribution in [0.25, 0.3) is 0 Å². The minimum atomic E-state index is -3.86. The maximum atomic E-state index is 12.9. The third-order valence-corrected chi connectivity index (χ3v) is 4.71. The first-order chi connectivity index (χ1) is 8.88. The van der Waals surface area contributed by atoms with E-state index >= 15 is 0 Å². The summed E-state index contributed by atoms with van der Waals surface area (Å²) in [7, 11) is -3.86. The molecule has 0 fully saturated rings. The van der Waals surface area contributed by atoms with E-state index in [1.54, 1.807) is 0 Å². The average Bonchev–Trinajstić information content (AvgIpc) is 2.27. The molecule has 0 aliphatic rings. The van der Waals surface area contributed by atoms with Gasteiger partial charge in [0, 0.05) is 21.8 Å². The Morgan fingerprint density at radius 2 is 2.00 bits per heavy atom. The van der Waals surface area contributed by atoms with Gasteiger partial charge in [0.25, 0.3) is 10.0 Å². The number of pyridine rings is 1. The van der Waals surface area contributed by atoms with Crippen molar-refractivity contribution >= 4 is 43.4 Å². The molecule has 1 N–H and O–H groups in total. The van der Waals surface area contributed by atoms with Crippen LogP contribution in [0.2, 0.25) is 5.02 Å². The zero-order valence-electron chi connectivity index (χ0n) is 9.27. The summed E-state index contributed by atoms with van der Waals surface area (Å²) >= 11 is 8.74.